The maximum atomic E-state index is 11.4. The van der Waals surface area contributed by atoms with Gasteiger partial charge in [-0.25, -0.2) is 14.8 Å². The second-order valence-corrected chi connectivity index (χ2v) is 4.23. The van der Waals surface area contributed by atoms with E-state index in [-0.39, 0.29) is 0 Å². The normalized spacial score (nSPS) is 10.7. The van der Waals surface area contributed by atoms with Gasteiger partial charge >= 0.3 is 5.97 Å². The van der Waals surface area contributed by atoms with Crippen molar-refractivity contribution in [2.75, 3.05) is 12.4 Å². The van der Waals surface area contributed by atoms with E-state index in [4.69, 9.17) is 0 Å². The molecule has 0 aliphatic heterocycles. The molecule has 7 nitrogen and oxygen atoms in total. The van der Waals surface area contributed by atoms with Crippen molar-refractivity contribution in [3.05, 3.63) is 42.2 Å². The number of H-pyrrole nitrogens is 2. The number of hydrogen-bond donors (Lipinski definition) is 3. The molecule has 3 N–H and O–H groups in total. The molecule has 0 fully saturated rings. The van der Waals surface area contributed by atoms with Crippen molar-refractivity contribution >= 4 is 22.7 Å². The highest BCUT2D eigenvalue weighted by Crippen LogP contribution is 2.18. The number of aromatic amines is 2. The van der Waals surface area contributed by atoms with Crippen LogP contribution in [-0.2, 0) is 11.3 Å². The molecule has 3 heterocycles. The Morgan fingerprint density at radius 3 is 3.05 bits per heavy atom. The Kier molecular flexibility index (Phi) is 3.08. The molecule has 3 aromatic rings. The van der Waals surface area contributed by atoms with E-state index >= 15 is 0 Å². The fourth-order valence-corrected chi connectivity index (χ4v) is 1.91. The van der Waals surface area contributed by atoms with E-state index in [1.54, 1.807) is 24.7 Å². The Bertz CT molecular complexity index is 732. The highest BCUT2D eigenvalue weighted by Gasteiger charge is 2.10. The first-order valence-corrected chi connectivity index (χ1v) is 6.05. The third kappa shape index (κ3) is 2.33. The topological polar surface area (TPSA) is 95.7 Å². The smallest absolute Gasteiger partial charge is 0.354 e. The first kappa shape index (κ1) is 12.2. The first-order chi connectivity index (χ1) is 9.76. The molecule has 0 unspecified atom stereocenters. The van der Waals surface area contributed by atoms with Crippen LogP contribution in [0.4, 0.5) is 5.69 Å². The molecule has 0 saturated heterocycles. The van der Waals surface area contributed by atoms with Gasteiger partial charge in [-0.2, -0.15) is 0 Å². The average Bonchev–Trinajstić information content (AvgIpc) is 3.12. The molecule has 20 heavy (non-hydrogen) atoms. The van der Waals surface area contributed by atoms with E-state index in [9.17, 15) is 4.79 Å². The highest BCUT2D eigenvalue weighted by molar-refractivity contribution is 5.94. The zero-order valence-electron chi connectivity index (χ0n) is 10.8. The number of pyridine rings is 1. The Morgan fingerprint density at radius 2 is 2.30 bits per heavy atom. The van der Waals surface area contributed by atoms with Gasteiger partial charge < -0.3 is 20.0 Å². The number of esters is 1. The van der Waals surface area contributed by atoms with E-state index in [0.717, 1.165) is 16.9 Å². The molecule has 0 spiro atoms. The van der Waals surface area contributed by atoms with Crippen LogP contribution in [0.5, 0.6) is 0 Å². The quantitative estimate of drug-likeness (QED) is 0.627. The van der Waals surface area contributed by atoms with Crippen molar-refractivity contribution in [3.8, 4) is 0 Å². The first-order valence-electron chi connectivity index (χ1n) is 6.05. The summed E-state index contributed by atoms with van der Waals surface area (Å²) in [5.41, 5.74) is 1.89. The van der Waals surface area contributed by atoms with Gasteiger partial charge in [0.05, 0.1) is 25.5 Å². The molecule has 0 aliphatic carbocycles. The molecule has 7 heteroatoms. The Morgan fingerprint density at radius 1 is 1.40 bits per heavy atom. The summed E-state index contributed by atoms with van der Waals surface area (Å²) in [4.78, 5) is 25.7. The summed E-state index contributed by atoms with van der Waals surface area (Å²) in [6.07, 6.45) is 5.17. The molecule has 3 rings (SSSR count). The molecule has 0 aliphatic rings. The number of rotatable bonds is 4. The van der Waals surface area contributed by atoms with Gasteiger partial charge in [-0.3, -0.25) is 0 Å². The fraction of sp³-hybridized carbons (Fsp3) is 0.154. The van der Waals surface area contributed by atoms with Gasteiger partial charge in [0.15, 0.2) is 0 Å². The molecule has 0 radical (unpaired) electrons. The lowest BCUT2D eigenvalue weighted by molar-refractivity contribution is 0.0595. The molecule has 0 saturated carbocycles. The van der Waals surface area contributed by atoms with Gasteiger partial charge in [0.2, 0.25) is 0 Å². The van der Waals surface area contributed by atoms with Crippen molar-refractivity contribution in [1.82, 2.24) is 19.9 Å². The van der Waals surface area contributed by atoms with E-state index in [1.807, 2.05) is 6.07 Å². The van der Waals surface area contributed by atoms with Crippen molar-refractivity contribution in [2.24, 2.45) is 0 Å². The molecule has 0 atom stereocenters. The predicted molar refractivity (Wildman–Crippen MR) is 73.3 cm³/mol. The number of hydrogen-bond acceptors (Lipinski definition) is 5. The maximum absolute atomic E-state index is 11.4. The Balaban J connectivity index is 1.81. The highest BCUT2D eigenvalue weighted by atomic mass is 16.5. The van der Waals surface area contributed by atoms with Crippen LogP contribution in [0.1, 0.15) is 16.3 Å². The number of nitrogens with one attached hydrogen (secondary N) is 3. The zero-order valence-corrected chi connectivity index (χ0v) is 10.8. The Hall–Kier alpha value is -2.83. The molecule has 102 valence electrons. The molecule has 3 aromatic heterocycles. The number of imidazole rings is 1. The fourth-order valence-electron chi connectivity index (χ4n) is 1.91. The van der Waals surface area contributed by atoms with E-state index < -0.39 is 5.97 Å². The van der Waals surface area contributed by atoms with Crippen LogP contribution in [0.15, 0.2) is 30.7 Å². The number of carbonyl (C=O) groups excluding carboxylic acids is 1. The maximum Gasteiger partial charge on any atom is 0.354 e. The number of aromatic nitrogens is 4. The third-order valence-electron chi connectivity index (χ3n) is 2.89. The summed E-state index contributed by atoms with van der Waals surface area (Å²) in [5, 5.41) is 4.05. The van der Waals surface area contributed by atoms with Crippen LogP contribution < -0.4 is 5.32 Å². The summed E-state index contributed by atoms with van der Waals surface area (Å²) in [7, 11) is 1.34. The summed E-state index contributed by atoms with van der Waals surface area (Å²) in [6, 6.07) is 3.63. The van der Waals surface area contributed by atoms with Gasteiger partial charge in [-0.05, 0) is 12.1 Å². The Labute approximate surface area is 114 Å². The second-order valence-electron chi connectivity index (χ2n) is 4.23. The molecule has 0 aromatic carbocycles. The molecule has 0 bridgehead atoms. The number of nitrogens with zero attached hydrogens (tertiary/aromatic N) is 2. The van der Waals surface area contributed by atoms with Gasteiger partial charge in [0.1, 0.15) is 17.2 Å². The van der Waals surface area contributed by atoms with Crippen molar-refractivity contribution in [3.63, 3.8) is 0 Å². The summed E-state index contributed by atoms with van der Waals surface area (Å²) in [5.74, 6) is 0.433. The summed E-state index contributed by atoms with van der Waals surface area (Å²) < 4.78 is 4.67. The largest absolute Gasteiger partial charge is 0.464 e. The molecular formula is C13H13N5O2. The van der Waals surface area contributed by atoms with E-state index in [2.05, 4.69) is 30.0 Å². The minimum Gasteiger partial charge on any atom is -0.464 e. The van der Waals surface area contributed by atoms with Gasteiger partial charge in [0, 0.05) is 17.8 Å². The SMILES string of the molecule is COC(=O)c1cc2cc(NCc3ncc[nH]3)cnc2[nH]1. The zero-order chi connectivity index (χ0) is 13.9. The van der Waals surface area contributed by atoms with Crippen LogP contribution >= 0.6 is 0 Å². The minimum absolute atomic E-state index is 0.387. The molecular weight excluding hydrogens is 258 g/mol. The van der Waals surface area contributed by atoms with Crippen LogP contribution in [0.3, 0.4) is 0 Å². The summed E-state index contributed by atoms with van der Waals surface area (Å²) >= 11 is 0. The van der Waals surface area contributed by atoms with Gasteiger partial charge in [0.25, 0.3) is 0 Å². The lowest BCUT2D eigenvalue weighted by Crippen LogP contribution is -2.01. The molecule has 0 amide bonds. The lowest BCUT2D eigenvalue weighted by atomic mass is 10.3. The van der Waals surface area contributed by atoms with E-state index in [1.165, 1.54) is 7.11 Å². The number of fused-ring (bicyclic) bond motifs is 1. The average molecular weight is 271 g/mol. The lowest BCUT2D eigenvalue weighted by Gasteiger charge is -2.03. The standard InChI is InChI=1S/C13H13N5O2/c1-20-13(19)10-5-8-4-9(6-17-12(8)18-10)16-7-11-14-2-3-15-11/h2-6,16H,7H2,1H3,(H,14,15)(H,17,18). The second kappa shape index (κ2) is 5.04. The monoisotopic (exact) mass is 271 g/mol. The van der Waals surface area contributed by atoms with Crippen molar-refractivity contribution < 1.29 is 9.53 Å². The van der Waals surface area contributed by atoms with Crippen molar-refractivity contribution in [1.29, 1.82) is 0 Å². The van der Waals surface area contributed by atoms with Crippen molar-refractivity contribution in [2.45, 2.75) is 6.54 Å². The van der Waals surface area contributed by atoms with Crippen LogP contribution in [0.2, 0.25) is 0 Å². The third-order valence-corrected chi connectivity index (χ3v) is 2.89. The van der Waals surface area contributed by atoms with Crippen LogP contribution in [-0.4, -0.2) is 33.0 Å². The van der Waals surface area contributed by atoms with E-state index in [0.29, 0.717) is 17.9 Å². The van der Waals surface area contributed by atoms with Crippen LogP contribution in [0, 0.1) is 0 Å². The van der Waals surface area contributed by atoms with Gasteiger partial charge in [-0.15, -0.1) is 0 Å². The minimum atomic E-state index is -0.409. The van der Waals surface area contributed by atoms with Crippen LogP contribution in [0.25, 0.3) is 11.0 Å². The predicted octanol–water partition coefficient (Wildman–Crippen LogP) is 1.68. The summed E-state index contributed by atoms with van der Waals surface area (Å²) in [6.45, 7) is 0.578. The van der Waals surface area contributed by atoms with Gasteiger partial charge in [-0.1, -0.05) is 0 Å². The number of ether oxygens (including phenoxy) is 1. The number of carbonyl (C=O) groups is 1. The number of methoxy groups -OCH3 is 1. The number of anilines is 1.